The van der Waals surface area contributed by atoms with Crippen LogP contribution in [0.15, 0.2) is 0 Å². The Hall–Kier alpha value is -0.610. The monoisotopic (exact) mass is 214 g/mol. The highest BCUT2D eigenvalue weighted by molar-refractivity contribution is 5.66. The van der Waals surface area contributed by atoms with Crippen LogP contribution in [0.25, 0.3) is 0 Å². The number of hydrogen-bond acceptors (Lipinski definition) is 3. The van der Waals surface area contributed by atoms with Crippen molar-refractivity contribution in [2.45, 2.75) is 45.2 Å². The number of carboxylic acids is 1. The summed E-state index contributed by atoms with van der Waals surface area (Å²) in [6, 6.07) is 0.937. The van der Waals surface area contributed by atoms with E-state index in [9.17, 15) is 4.79 Å². The molecule has 4 heteroatoms. The van der Waals surface area contributed by atoms with Gasteiger partial charge in [-0.15, -0.1) is 0 Å². The minimum absolute atomic E-state index is 0.273. The van der Waals surface area contributed by atoms with E-state index in [2.05, 4.69) is 24.1 Å². The lowest BCUT2D eigenvalue weighted by Crippen LogP contribution is -2.43. The van der Waals surface area contributed by atoms with Crippen molar-refractivity contribution in [1.29, 1.82) is 0 Å². The van der Waals surface area contributed by atoms with E-state index in [-0.39, 0.29) is 6.42 Å². The first kappa shape index (κ1) is 12.5. The van der Waals surface area contributed by atoms with Gasteiger partial charge in [0.1, 0.15) is 0 Å². The smallest absolute Gasteiger partial charge is 0.303 e. The number of likely N-dealkylation sites (N-methyl/N-ethyl adjacent to an activating group) is 1. The van der Waals surface area contributed by atoms with Crippen LogP contribution in [0.5, 0.6) is 0 Å². The number of nitrogens with one attached hydrogen (secondary N) is 1. The van der Waals surface area contributed by atoms with Gasteiger partial charge in [0.15, 0.2) is 0 Å². The Morgan fingerprint density at radius 2 is 2.33 bits per heavy atom. The van der Waals surface area contributed by atoms with Gasteiger partial charge in [-0.25, -0.2) is 0 Å². The zero-order valence-electron chi connectivity index (χ0n) is 9.70. The van der Waals surface area contributed by atoms with Crippen molar-refractivity contribution < 1.29 is 9.90 Å². The van der Waals surface area contributed by atoms with Gasteiger partial charge in [-0.3, -0.25) is 9.69 Å². The first-order valence-corrected chi connectivity index (χ1v) is 5.83. The van der Waals surface area contributed by atoms with Crippen molar-refractivity contribution >= 4 is 5.97 Å². The molecule has 0 aromatic heterocycles. The van der Waals surface area contributed by atoms with Crippen molar-refractivity contribution in [1.82, 2.24) is 10.2 Å². The highest BCUT2D eigenvalue weighted by atomic mass is 16.4. The molecule has 1 heterocycles. The molecule has 0 spiro atoms. The van der Waals surface area contributed by atoms with Gasteiger partial charge in [-0.2, -0.15) is 0 Å². The van der Waals surface area contributed by atoms with Gasteiger partial charge < -0.3 is 10.4 Å². The van der Waals surface area contributed by atoms with Gasteiger partial charge in [0.2, 0.25) is 0 Å². The molecule has 0 radical (unpaired) electrons. The highest BCUT2D eigenvalue weighted by Gasteiger charge is 2.24. The first-order chi connectivity index (χ1) is 7.15. The SMILES string of the molecule is CCN1C(C)CCNCC1CCC(=O)O. The van der Waals surface area contributed by atoms with Crippen molar-refractivity contribution in [3.63, 3.8) is 0 Å². The Kier molecular flexibility index (Phi) is 5.05. The fourth-order valence-electron chi connectivity index (χ4n) is 2.35. The lowest BCUT2D eigenvalue weighted by Gasteiger charge is -2.33. The Morgan fingerprint density at radius 3 is 2.93 bits per heavy atom. The Balaban J connectivity index is 2.52. The molecule has 15 heavy (non-hydrogen) atoms. The van der Waals surface area contributed by atoms with Gasteiger partial charge >= 0.3 is 5.97 Å². The highest BCUT2D eigenvalue weighted by Crippen LogP contribution is 2.15. The molecule has 2 atom stereocenters. The van der Waals surface area contributed by atoms with E-state index >= 15 is 0 Å². The number of carboxylic acid groups (broad SMARTS) is 1. The average Bonchev–Trinajstić information content (AvgIpc) is 2.36. The average molecular weight is 214 g/mol. The number of aliphatic carboxylic acids is 1. The fraction of sp³-hybridized carbons (Fsp3) is 0.909. The van der Waals surface area contributed by atoms with Crippen LogP contribution < -0.4 is 5.32 Å². The van der Waals surface area contributed by atoms with Crippen LogP contribution in [0.1, 0.15) is 33.1 Å². The maximum absolute atomic E-state index is 10.6. The van der Waals surface area contributed by atoms with Crippen LogP contribution >= 0.6 is 0 Å². The molecule has 4 nitrogen and oxygen atoms in total. The number of hydrogen-bond donors (Lipinski definition) is 2. The van der Waals surface area contributed by atoms with Gasteiger partial charge in [-0.05, 0) is 32.9 Å². The van der Waals surface area contributed by atoms with E-state index < -0.39 is 5.97 Å². The Morgan fingerprint density at radius 1 is 1.60 bits per heavy atom. The van der Waals surface area contributed by atoms with Gasteiger partial charge in [-0.1, -0.05) is 6.92 Å². The number of rotatable bonds is 4. The van der Waals surface area contributed by atoms with Crippen LogP contribution in [-0.4, -0.2) is 47.7 Å². The third-order valence-electron chi connectivity index (χ3n) is 3.21. The molecule has 2 N–H and O–H groups in total. The maximum Gasteiger partial charge on any atom is 0.303 e. The molecule has 1 rings (SSSR count). The predicted molar refractivity (Wildman–Crippen MR) is 60.0 cm³/mol. The molecule has 0 amide bonds. The molecule has 1 fully saturated rings. The predicted octanol–water partition coefficient (Wildman–Crippen LogP) is 0.923. The third kappa shape index (κ3) is 3.80. The zero-order chi connectivity index (χ0) is 11.3. The normalized spacial score (nSPS) is 28.7. The van der Waals surface area contributed by atoms with Crippen molar-refractivity contribution in [2.24, 2.45) is 0 Å². The van der Waals surface area contributed by atoms with E-state index in [0.717, 1.165) is 32.5 Å². The largest absolute Gasteiger partial charge is 0.481 e. The van der Waals surface area contributed by atoms with Gasteiger partial charge in [0.05, 0.1) is 0 Å². The van der Waals surface area contributed by atoms with Gasteiger partial charge in [0.25, 0.3) is 0 Å². The standard InChI is InChI=1S/C11H22N2O2/c1-3-13-9(2)6-7-12-8-10(13)4-5-11(14)15/h9-10,12H,3-8H2,1-2H3,(H,14,15). The van der Waals surface area contributed by atoms with E-state index in [1.807, 2.05) is 0 Å². The molecule has 0 aliphatic carbocycles. The lowest BCUT2D eigenvalue weighted by molar-refractivity contribution is -0.137. The minimum Gasteiger partial charge on any atom is -0.481 e. The summed E-state index contributed by atoms with van der Waals surface area (Å²) in [5.74, 6) is -0.692. The summed E-state index contributed by atoms with van der Waals surface area (Å²) in [6.45, 7) is 7.35. The van der Waals surface area contributed by atoms with Crippen LogP contribution in [0.2, 0.25) is 0 Å². The summed E-state index contributed by atoms with van der Waals surface area (Å²) in [5.41, 5.74) is 0. The van der Waals surface area contributed by atoms with E-state index in [0.29, 0.717) is 12.1 Å². The van der Waals surface area contributed by atoms with Crippen molar-refractivity contribution in [3.05, 3.63) is 0 Å². The fourth-order valence-corrected chi connectivity index (χ4v) is 2.35. The van der Waals surface area contributed by atoms with Gasteiger partial charge in [0, 0.05) is 25.0 Å². The van der Waals surface area contributed by atoms with E-state index in [1.54, 1.807) is 0 Å². The molecule has 0 aromatic carbocycles. The molecule has 0 aromatic rings. The van der Waals surface area contributed by atoms with Crippen molar-refractivity contribution in [2.75, 3.05) is 19.6 Å². The molecule has 2 unspecified atom stereocenters. The summed E-state index contributed by atoms with van der Waals surface area (Å²) in [5, 5.41) is 12.1. The first-order valence-electron chi connectivity index (χ1n) is 5.83. The minimum atomic E-state index is -0.692. The van der Waals surface area contributed by atoms with E-state index in [1.165, 1.54) is 0 Å². The zero-order valence-corrected chi connectivity index (χ0v) is 9.70. The van der Waals surface area contributed by atoms with Crippen LogP contribution in [0.4, 0.5) is 0 Å². The molecular formula is C11H22N2O2. The van der Waals surface area contributed by atoms with E-state index in [4.69, 9.17) is 5.11 Å². The Bertz CT molecular complexity index is 209. The summed E-state index contributed by atoms with van der Waals surface area (Å²) >= 11 is 0. The molecule has 1 saturated heterocycles. The maximum atomic E-state index is 10.6. The topological polar surface area (TPSA) is 52.6 Å². The van der Waals surface area contributed by atoms with Crippen LogP contribution in [0, 0.1) is 0 Å². The second kappa shape index (κ2) is 6.08. The van der Waals surface area contributed by atoms with Crippen LogP contribution in [-0.2, 0) is 4.79 Å². The molecule has 88 valence electrons. The molecular weight excluding hydrogens is 192 g/mol. The molecule has 1 aliphatic heterocycles. The van der Waals surface area contributed by atoms with Crippen molar-refractivity contribution in [3.8, 4) is 0 Å². The second-order valence-corrected chi connectivity index (χ2v) is 4.26. The molecule has 1 aliphatic rings. The van der Waals surface area contributed by atoms with Crippen LogP contribution in [0.3, 0.4) is 0 Å². The summed E-state index contributed by atoms with van der Waals surface area (Å²) < 4.78 is 0. The summed E-state index contributed by atoms with van der Waals surface area (Å²) in [7, 11) is 0. The second-order valence-electron chi connectivity index (χ2n) is 4.26. The number of carbonyl (C=O) groups is 1. The lowest BCUT2D eigenvalue weighted by atomic mass is 10.1. The quantitative estimate of drug-likeness (QED) is 0.731. The summed E-state index contributed by atoms with van der Waals surface area (Å²) in [6.07, 6.45) is 2.17. The molecule has 0 saturated carbocycles. The summed E-state index contributed by atoms with van der Waals surface area (Å²) in [4.78, 5) is 13.0. The number of nitrogens with zero attached hydrogens (tertiary/aromatic N) is 1. The third-order valence-corrected chi connectivity index (χ3v) is 3.21. The Labute approximate surface area is 91.6 Å². The molecule has 0 bridgehead atoms.